The fourth-order valence-electron chi connectivity index (χ4n) is 3.29. The molecule has 0 aromatic rings. The molecule has 1 N–H and O–H groups in total. The zero-order valence-corrected chi connectivity index (χ0v) is 11.8. The van der Waals surface area contributed by atoms with Crippen LogP contribution in [-0.4, -0.2) is 12.6 Å². The maximum atomic E-state index is 3.78. The van der Waals surface area contributed by atoms with Crippen molar-refractivity contribution < 1.29 is 0 Å². The molecule has 1 aliphatic carbocycles. The Hall–Kier alpha value is -0.0400. The maximum Gasteiger partial charge on any atom is 0.0118 e. The molecule has 1 aliphatic rings. The Labute approximate surface area is 102 Å². The summed E-state index contributed by atoms with van der Waals surface area (Å²) in [7, 11) is 0. The second-order valence-electron chi connectivity index (χ2n) is 5.92. The summed E-state index contributed by atoms with van der Waals surface area (Å²) < 4.78 is 0. The van der Waals surface area contributed by atoms with Gasteiger partial charge >= 0.3 is 0 Å². The Morgan fingerprint density at radius 3 is 2.50 bits per heavy atom. The summed E-state index contributed by atoms with van der Waals surface area (Å²) >= 11 is 0. The minimum absolute atomic E-state index is 0.759. The fraction of sp³-hybridized carbons (Fsp3) is 1.00. The summed E-state index contributed by atoms with van der Waals surface area (Å²) in [5, 5.41) is 3.78. The number of nitrogens with one attached hydrogen (secondary N) is 1. The molecule has 0 aromatic heterocycles. The SMILES string of the molecule is CCCNC(C(C)C)C1CCCC(CC)C1. The summed E-state index contributed by atoms with van der Waals surface area (Å²) in [6.07, 6.45) is 8.50. The minimum atomic E-state index is 0.759. The normalized spacial score (nSPS) is 28.3. The second-order valence-corrected chi connectivity index (χ2v) is 5.92. The van der Waals surface area contributed by atoms with Crippen LogP contribution < -0.4 is 5.32 Å². The summed E-state index contributed by atoms with van der Waals surface area (Å²) in [5.41, 5.74) is 0. The van der Waals surface area contributed by atoms with Gasteiger partial charge in [0.05, 0.1) is 0 Å². The Morgan fingerprint density at radius 1 is 1.19 bits per heavy atom. The highest BCUT2D eigenvalue weighted by molar-refractivity contribution is 4.84. The van der Waals surface area contributed by atoms with Gasteiger partial charge in [0, 0.05) is 6.04 Å². The van der Waals surface area contributed by atoms with Crippen molar-refractivity contribution in [3.8, 4) is 0 Å². The Kier molecular flexibility index (Phi) is 6.41. The van der Waals surface area contributed by atoms with Gasteiger partial charge in [0.1, 0.15) is 0 Å². The first kappa shape index (κ1) is 14.0. The zero-order chi connectivity index (χ0) is 12.0. The molecule has 3 unspecified atom stereocenters. The van der Waals surface area contributed by atoms with Crippen molar-refractivity contribution in [3.63, 3.8) is 0 Å². The monoisotopic (exact) mass is 225 g/mol. The van der Waals surface area contributed by atoms with Gasteiger partial charge in [0.15, 0.2) is 0 Å². The molecule has 1 saturated carbocycles. The lowest BCUT2D eigenvalue weighted by atomic mass is 9.74. The molecule has 0 aromatic carbocycles. The third kappa shape index (κ3) is 4.08. The minimum Gasteiger partial charge on any atom is -0.313 e. The van der Waals surface area contributed by atoms with Gasteiger partial charge in [-0.2, -0.15) is 0 Å². The van der Waals surface area contributed by atoms with Crippen molar-refractivity contribution >= 4 is 0 Å². The van der Waals surface area contributed by atoms with Crippen molar-refractivity contribution in [2.24, 2.45) is 17.8 Å². The molecule has 0 heterocycles. The standard InChI is InChI=1S/C15H31N/c1-5-10-16-15(12(3)4)14-9-7-8-13(6-2)11-14/h12-16H,5-11H2,1-4H3. The summed E-state index contributed by atoms with van der Waals surface area (Å²) in [4.78, 5) is 0. The Balaban J connectivity index is 2.48. The predicted octanol–water partition coefficient (Wildman–Crippen LogP) is 4.23. The smallest absolute Gasteiger partial charge is 0.0118 e. The van der Waals surface area contributed by atoms with Gasteiger partial charge in [-0.1, -0.05) is 47.0 Å². The van der Waals surface area contributed by atoms with Crippen molar-refractivity contribution in [1.29, 1.82) is 0 Å². The van der Waals surface area contributed by atoms with Crippen LogP contribution in [0.5, 0.6) is 0 Å². The molecule has 0 radical (unpaired) electrons. The van der Waals surface area contributed by atoms with Crippen LogP contribution in [0.3, 0.4) is 0 Å². The third-order valence-electron chi connectivity index (χ3n) is 4.26. The van der Waals surface area contributed by atoms with Gasteiger partial charge < -0.3 is 5.32 Å². The topological polar surface area (TPSA) is 12.0 Å². The number of hydrogen-bond donors (Lipinski definition) is 1. The molecular weight excluding hydrogens is 194 g/mol. The van der Waals surface area contributed by atoms with Gasteiger partial charge in [-0.15, -0.1) is 0 Å². The molecular formula is C15H31N. The highest BCUT2D eigenvalue weighted by Gasteiger charge is 2.28. The lowest BCUT2D eigenvalue weighted by Crippen LogP contribution is -2.42. The molecule has 0 spiro atoms. The molecule has 96 valence electrons. The zero-order valence-electron chi connectivity index (χ0n) is 11.8. The van der Waals surface area contributed by atoms with Gasteiger partial charge in [0.2, 0.25) is 0 Å². The van der Waals surface area contributed by atoms with E-state index in [4.69, 9.17) is 0 Å². The molecule has 1 heteroatoms. The van der Waals surface area contributed by atoms with E-state index in [0.717, 1.165) is 23.8 Å². The quantitative estimate of drug-likeness (QED) is 0.713. The first-order valence-corrected chi connectivity index (χ1v) is 7.42. The van der Waals surface area contributed by atoms with Crippen molar-refractivity contribution in [2.45, 2.75) is 72.3 Å². The average molecular weight is 225 g/mol. The van der Waals surface area contributed by atoms with Crippen LogP contribution in [0.2, 0.25) is 0 Å². The van der Waals surface area contributed by atoms with Crippen LogP contribution in [0.15, 0.2) is 0 Å². The molecule has 1 fully saturated rings. The van der Waals surface area contributed by atoms with Crippen LogP contribution in [0.25, 0.3) is 0 Å². The van der Waals surface area contributed by atoms with Crippen LogP contribution in [0, 0.1) is 17.8 Å². The van der Waals surface area contributed by atoms with E-state index >= 15 is 0 Å². The van der Waals surface area contributed by atoms with E-state index in [1.807, 2.05) is 0 Å². The molecule has 3 atom stereocenters. The summed E-state index contributed by atoms with van der Waals surface area (Å²) in [6.45, 7) is 10.6. The van der Waals surface area contributed by atoms with E-state index < -0.39 is 0 Å². The molecule has 0 aliphatic heterocycles. The van der Waals surface area contributed by atoms with E-state index in [9.17, 15) is 0 Å². The van der Waals surface area contributed by atoms with Crippen LogP contribution in [0.4, 0.5) is 0 Å². The molecule has 1 rings (SSSR count). The molecule has 0 amide bonds. The van der Waals surface area contributed by atoms with Gasteiger partial charge in [-0.3, -0.25) is 0 Å². The van der Waals surface area contributed by atoms with Crippen LogP contribution in [0.1, 0.15) is 66.2 Å². The number of hydrogen-bond acceptors (Lipinski definition) is 1. The van der Waals surface area contributed by atoms with E-state index in [1.165, 1.54) is 45.1 Å². The first-order valence-electron chi connectivity index (χ1n) is 7.42. The summed E-state index contributed by atoms with van der Waals surface area (Å²) in [6, 6.07) is 0.759. The fourth-order valence-corrected chi connectivity index (χ4v) is 3.29. The van der Waals surface area contributed by atoms with E-state index in [2.05, 4.69) is 33.0 Å². The molecule has 0 saturated heterocycles. The van der Waals surface area contributed by atoms with Gasteiger partial charge in [-0.25, -0.2) is 0 Å². The summed E-state index contributed by atoms with van der Waals surface area (Å²) in [5.74, 6) is 2.72. The van der Waals surface area contributed by atoms with Crippen molar-refractivity contribution in [3.05, 3.63) is 0 Å². The highest BCUT2D eigenvalue weighted by atomic mass is 14.9. The Morgan fingerprint density at radius 2 is 1.94 bits per heavy atom. The van der Waals surface area contributed by atoms with Crippen molar-refractivity contribution in [1.82, 2.24) is 5.32 Å². The largest absolute Gasteiger partial charge is 0.313 e. The third-order valence-corrected chi connectivity index (χ3v) is 4.26. The van der Waals surface area contributed by atoms with Crippen LogP contribution in [-0.2, 0) is 0 Å². The highest BCUT2D eigenvalue weighted by Crippen LogP contribution is 2.34. The van der Waals surface area contributed by atoms with Gasteiger partial charge in [0.25, 0.3) is 0 Å². The Bertz CT molecular complexity index is 176. The molecule has 0 bridgehead atoms. The predicted molar refractivity (Wildman–Crippen MR) is 72.7 cm³/mol. The molecule has 16 heavy (non-hydrogen) atoms. The first-order chi connectivity index (χ1) is 7.69. The van der Waals surface area contributed by atoms with Crippen LogP contribution >= 0.6 is 0 Å². The molecule has 1 nitrogen and oxygen atoms in total. The van der Waals surface area contributed by atoms with E-state index in [1.54, 1.807) is 0 Å². The lowest BCUT2D eigenvalue weighted by Gasteiger charge is -2.37. The van der Waals surface area contributed by atoms with Crippen molar-refractivity contribution in [2.75, 3.05) is 6.54 Å². The number of rotatable bonds is 6. The maximum absolute atomic E-state index is 3.78. The second kappa shape index (κ2) is 7.32. The lowest BCUT2D eigenvalue weighted by molar-refractivity contribution is 0.179. The van der Waals surface area contributed by atoms with E-state index in [0.29, 0.717) is 0 Å². The average Bonchev–Trinajstić information content (AvgIpc) is 2.29. The van der Waals surface area contributed by atoms with Gasteiger partial charge in [-0.05, 0) is 43.6 Å². The van der Waals surface area contributed by atoms with E-state index in [-0.39, 0.29) is 0 Å².